The molecule has 1 fully saturated rings. The lowest BCUT2D eigenvalue weighted by Crippen LogP contribution is -2.40. The monoisotopic (exact) mass is 266 g/mol. The van der Waals surface area contributed by atoms with E-state index in [0.717, 1.165) is 24.7 Å². The lowest BCUT2D eigenvalue weighted by atomic mass is 9.84. The van der Waals surface area contributed by atoms with E-state index in [1.165, 1.54) is 24.1 Å². The van der Waals surface area contributed by atoms with Crippen molar-refractivity contribution in [2.24, 2.45) is 5.41 Å². The molecule has 0 saturated carbocycles. The molecule has 1 N–H and O–H groups in total. The fourth-order valence-electron chi connectivity index (χ4n) is 2.82. The van der Waals surface area contributed by atoms with E-state index in [2.05, 4.69) is 36.2 Å². The Labute approximate surface area is 115 Å². The molecule has 1 aliphatic rings. The van der Waals surface area contributed by atoms with E-state index in [1.54, 1.807) is 0 Å². The summed E-state index contributed by atoms with van der Waals surface area (Å²) < 4.78 is 0. The fraction of sp³-hybridized carbons (Fsp3) is 0.600. The molecule has 0 aliphatic carbocycles. The van der Waals surface area contributed by atoms with Gasteiger partial charge in [-0.25, -0.2) is 0 Å². The Hall–Kier alpha value is -0.730. The van der Waals surface area contributed by atoms with Crippen LogP contribution in [0.5, 0.6) is 0 Å². The van der Waals surface area contributed by atoms with Crippen LogP contribution in [-0.4, -0.2) is 20.1 Å². The first-order valence-corrected chi connectivity index (χ1v) is 7.08. The van der Waals surface area contributed by atoms with Gasteiger partial charge in [0.2, 0.25) is 0 Å². The van der Waals surface area contributed by atoms with Crippen LogP contribution in [0.2, 0.25) is 5.02 Å². The Kier molecular flexibility index (Phi) is 4.18. The SMILES string of the molecule is CNCc1c(Cl)cccc1N1CCCC(C)(C)C1. The molecule has 18 heavy (non-hydrogen) atoms. The van der Waals surface area contributed by atoms with Crippen molar-refractivity contribution in [3.8, 4) is 0 Å². The molecule has 1 aromatic carbocycles. The molecular weight excluding hydrogens is 244 g/mol. The maximum Gasteiger partial charge on any atom is 0.0471 e. The Morgan fingerprint density at radius 3 is 2.83 bits per heavy atom. The van der Waals surface area contributed by atoms with Crippen molar-refractivity contribution in [2.45, 2.75) is 33.2 Å². The highest BCUT2D eigenvalue weighted by atomic mass is 35.5. The molecule has 0 bridgehead atoms. The Morgan fingerprint density at radius 1 is 1.39 bits per heavy atom. The van der Waals surface area contributed by atoms with Crippen LogP contribution in [0.4, 0.5) is 5.69 Å². The first-order chi connectivity index (χ1) is 8.53. The Bertz CT molecular complexity index is 415. The largest absolute Gasteiger partial charge is 0.371 e. The van der Waals surface area contributed by atoms with E-state index in [-0.39, 0.29) is 0 Å². The summed E-state index contributed by atoms with van der Waals surface area (Å²) >= 11 is 6.33. The number of piperidine rings is 1. The molecule has 1 aliphatic heterocycles. The van der Waals surface area contributed by atoms with Crippen molar-refractivity contribution in [1.82, 2.24) is 5.32 Å². The van der Waals surface area contributed by atoms with E-state index in [4.69, 9.17) is 11.6 Å². The van der Waals surface area contributed by atoms with Gasteiger partial charge in [0.1, 0.15) is 0 Å². The first kappa shape index (κ1) is 13.7. The van der Waals surface area contributed by atoms with Gasteiger partial charge in [-0.3, -0.25) is 0 Å². The van der Waals surface area contributed by atoms with Crippen LogP contribution < -0.4 is 10.2 Å². The maximum atomic E-state index is 6.33. The molecule has 1 saturated heterocycles. The standard InChI is InChI=1S/C15H23ClN2/c1-15(2)8-5-9-18(11-15)14-7-4-6-13(16)12(14)10-17-3/h4,6-7,17H,5,8-11H2,1-3H3. The summed E-state index contributed by atoms with van der Waals surface area (Å²) in [6.07, 6.45) is 2.57. The van der Waals surface area contributed by atoms with Crippen LogP contribution in [0.3, 0.4) is 0 Å². The molecule has 100 valence electrons. The third kappa shape index (κ3) is 2.99. The van der Waals surface area contributed by atoms with Crippen molar-refractivity contribution in [1.29, 1.82) is 0 Å². The number of nitrogens with one attached hydrogen (secondary N) is 1. The van der Waals surface area contributed by atoms with Gasteiger partial charge in [0.05, 0.1) is 0 Å². The molecule has 0 radical (unpaired) electrons. The average molecular weight is 267 g/mol. The number of halogens is 1. The molecule has 1 aromatic rings. The Balaban J connectivity index is 2.29. The molecule has 2 nitrogen and oxygen atoms in total. The predicted octanol–water partition coefficient (Wildman–Crippen LogP) is 3.69. The lowest BCUT2D eigenvalue weighted by Gasteiger charge is -2.40. The number of nitrogens with zero attached hydrogens (tertiary/aromatic N) is 1. The minimum absolute atomic E-state index is 0.400. The van der Waals surface area contributed by atoms with Gasteiger partial charge in [-0.15, -0.1) is 0 Å². The van der Waals surface area contributed by atoms with Crippen LogP contribution >= 0.6 is 11.6 Å². The highest BCUT2D eigenvalue weighted by molar-refractivity contribution is 6.31. The zero-order valence-corrected chi connectivity index (χ0v) is 12.3. The van der Waals surface area contributed by atoms with Gasteiger partial charge < -0.3 is 10.2 Å². The zero-order valence-electron chi connectivity index (χ0n) is 11.6. The topological polar surface area (TPSA) is 15.3 Å². The van der Waals surface area contributed by atoms with Gasteiger partial charge in [0.15, 0.2) is 0 Å². The lowest BCUT2D eigenvalue weighted by molar-refractivity contribution is 0.293. The molecule has 3 heteroatoms. The van der Waals surface area contributed by atoms with Gasteiger partial charge in [0, 0.05) is 35.9 Å². The van der Waals surface area contributed by atoms with Crippen molar-refractivity contribution in [2.75, 3.05) is 25.0 Å². The van der Waals surface area contributed by atoms with Crippen LogP contribution in [-0.2, 0) is 6.54 Å². The van der Waals surface area contributed by atoms with Crippen LogP contribution in [0.15, 0.2) is 18.2 Å². The summed E-state index contributed by atoms with van der Waals surface area (Å²) in [5.74, 6) is 0. The van der Waals surface area contributed by atoms with E-state index in [9.17, 15) is 0 Å². The molecule has 0 spiro atoms. The molecular formula is C15H23ClN2. The normalized spacial score (nSPS) is 19.0. The summed E-state index contributed by atoms with van der Waals surface area (Å²) in [5.41, 5.74) is 2.92. The number of hydrogen-bond acceptors (Lipinski definition) is 2. The number of rotatable bonds is 3. The van der Waals surface area contributed by atoms with Crippen LogP contribution in [0.25, 0.3) is 0 Å². The van der Waals surface area contributed by atoms with Crippen molar-refractivity contribution in [3.63, 3.8) is 0 Å². The number of hydrogen-bond donors (Lipinski definition) is 1. The molecule has 0 aromatic heterocycles. The smallest absolute Gasteiger partial charge is 0.0471 e. The summed E-state index contributed by atoms with van der Waals surface area (Å²) in [5, 5.41) is 4.08. The third-order valence-electron chi connectivity index (χ3n) is 3.69. The minimum atomic E-state index is 0.400. The second-order valence-corrected chi connectivity index (χ2v) is 6.36. The van der Waals surface area contributed by atoms with Crippen LogP contribution in [0.1, 0.15) is 32.3 Å². The van der Waals surface area contributed by atoms with Gasteiger partial charge in [0.25, 0.3) is 0 Å². The van der Waals surface area contributed by atoms with Crippen molar-refractivity contribution >= 4 is 17.3 Å². The van der Waals surface area contributed by atoms with Crippen LogP contribution in [0, 0.1) is 5.41 Å². The van der Waals surface area contributed by atoms with E-state index >= 15 is 0 Å². The highest BCUT2D eigenvalue weighted by Crippen LogP contribution is 2.35. The van der Waals surface area contributed by atoms with E-state index < -0.39 is 0 Å². The zero-order chi connectivity index (χ0) is 13.2. The van der Waals surface area contributed by atoms with E-state index in [0.29, 0.717) is 5.41 Å². The molecule has 1 heterocycles. The van der Waals surface area contributed by atoms with Gasteiger partial charge in [-0.1, -0.05) is 31.5 Å². The summed E-state index contributed by atoms with van der Waals surface area (Å²) in [6, 6.07) is 6.23. The molecule has 0 amide bonds. The highest BCUT2D eigenvalue weighted by Gasteiger charge is 2.27. The fourth-order valence-corrected chi connectivity index (χ4v) is 3.06. The van der Waals surface area contributed by atoms with Gasteiger partial charge in [-0.2, -0.15) is 0 Å². The Morgan fingerprint density at radius 2 is 2.17 bits per heavy atom. The second kappa shape index (κ2) is 5.50. The van der Waals surface area contributed by atoms with Crippen molar-refractivity contribution < 1.29 is 0 Å². The number of anilines is 1. The minimum Gasteiger partial charge on any atom is -0.371 e. The number of benzene rings is 1. The third-order valence-corrected chi connectivity index (χ3v) is 4.04. The second-order valence-electron chi connectivity index (χ2n) is 5.96. The maximum absolute atomic E-state index is 6.33. The molecule has 0 unspecified atom stereocenters. The van der Waals surface area contributed by atoms with Crippen molar-refractivity contribution in [3.05, 3.63) is 28.8 Å². The summed E-state index contributed by atoms with van der Waals surface area (Å²) in [4.78, 5) is 2.49. The summed E-state index contributed by atoms with van der Waals surface area (Å²) in [7, 11) is 1.97. The average Bonchev–Trinajstić information content (AvgIpc) is 2.30. The van der Waals surface area contributed by atoms with Gasteiger partial charge >= 0.3 is 0 Å². The summed E-state index contributed by atoms with van der Waals surface area (Å²) in [6.45, 7) is 7.78. The molecule has 2 rings (SSSR count). The quantitative estimate of drug-likeness (QED) is 0.898. The van der Waals surface area contributed by atoms with Gasteiger partial charge in [-0.05, 0) is 37.4 Å². The van der Waals surface area contributed by atoms with E-state index in [1.807, 2.05) is 13.1 Å². The predicted molar refractivity (Wildman–Crippen MR) is 79.4 cm³/mol. The molecule has 0 atom stereocenters. The first-order valence-electron chi connectivity index (χ1n) is 6.70.